The number of amides is 4. The Bertz CT molecular complexity index is 4340. The summed E-state index contributed by atoms with van der Waals surface area (Å²) in [5, 5.41) is 6.29. The molecule has 11 aromatic carbocycles. The summed E-state index contributed by atoms with van der Waals surface area (Å²) >= 11 is 6.61. The number of carbonyl (C=O) groups excluding carboxylic acids is 4. The number of rotatable bonds is 18. The van der Waals surface area contributed by atoms with Gasteiger partial charge in [-0.15, -0.1) is 0 Å². The summed E-state index contributed by atoms with van der Waals surface area (Å²) in [5.74, 6) is -0.920. The minimum Gasteiger partial charge on any atom is -0.268 e. The van der Waals surface area contributed by atoms with E-state index in [0.29, 0.717) is 44.4 Å². The van der Waals surface area contributed by atoms with E-state index in [-0.39, 0.29) is 71.0 Å². The van der Waals surface area contributed by atoms with E-state index in [0.717, 1.165) is 116 Å². The molecule has 0 bridgehead atoms. The largest absolute Gasteiger partial charge is 0.268 e. The lowest BCUT2D eigenvalue weighted by atomic mass is 9.81. The van der Waals surface area contributed by atoms with E-state index in [1.807, 2.05) is 0 Å². The number of carbonyl (C=O) groups is 4. The fraction of sp³-hybridized carbons (Fsp3) is 0.286. The van der Waals surface area contributed by atoms with Crippen molar-refractivity contribution in [1.29, 1.82) is 0 Å². The third-order valence-corrected chi connectivity index (χ3v) is 23.6. The van der Waals surface area contributed by atoms with E-state index in [9.17, 15) is 0 Å². The first-order valence-corrected chi connectivity index (χ1v) is 36.7. The van der Waals surface area contributed by atoms with Crippen LogP contribution in [-0.2, 0) is 0 Å². The van der Waals surface area contributed by atoms with Crippen molar-refractivity contribution in [2.24, 2.45) is 0 Å². The predicted molar refractivity (Wildman–Crippen MR) is 398 cm³/mol. The van der Waals surface area contributed by atoms with Gasteiger partial charge >= 0.3 is 0 Å². The number of imide groups is 2. The maximum Gasteiger partial charge on any atom is 0.266 e. The van der Waals surface area contributed by atoms with Gasteiger partial charge in [0.2, 0.25) is 0 Å². The van der Waals surface area contributed by atoms with Crippen LogP contribution in [0.25, 0.3) is 43.1 Å². The average molecular weight is 1310 g/mol. The third kappa shape index (κ3) is 10.9. The highest BCUT2D eigenvalue weighted by Gasteiger charge is 2.44. The number of fused-ring (bicyclic) bond motifs is 2. The van der Waals surface area contributed by atoms with Crippen LogP contribution in [-0.4, -0.2) is 23.6 Å². The highest BCUT2D eigenvalue weighted by molar-refractivity contribution is 8.00. The van der Waals surface area contributed by atoms with E-state index in [4.69, 9.17) is 0 Å². The second-order valence-electron chi connectivity index (χ2n) is 27.9. The fourth-order valence-corrected chi connectivity index (χ4v) is 19.6. The summed E-state index contributed by atoms with van der Waals surface area (Å²) < 4.78 is 0. The van der Waals surface area contributed by atoms with E-state index in [2.05, 4.69) is 269 Å². The maximum absolute atomic E-state index is 16.7. The van der Waals surface area contributed by atoms with Gasteiger partial charge in [-0.1, -0.05) is 267 Å². The highest BCUT2D eigenvalue weighted by atomic mass is 32.2. The minimum absolute atomic E-state index is 0.0106. The molecule has 0 aromatic heterocycles. The number of hydrogen-bond donors (Lipinski definition) is 0. The van der Waals surface area contributed by atoms with Crippen molar-refractivity contribution < 1.29 is 19.2 Å². The first-order valence-electron chi connectivity index (χ1n) is 33.4. The summed E-state index contributed by atoms with van der Waals surface area (Å²) in [4.78, 5) is 77.4. The summed E-state index contributed by atoms with van der Waals surface area (Å²) in [5.41, 5.74) is 11.5. The summed E-state index contributed by atoms with van der Waals surface area (Å²) in [6, 6.07) is 55.0. The van der Waals surface area contributed by atoms with E-state index in [1.165, 1.54) is 9.80 Å². The SMILES string of the molecule is CC(C)c1ccccc1Sc1cc2c3c(cc(Sc4ccccc4C(C)C)c4c5c(Sc6ccccc6C(C)C)cc6c7c(cc(Sc8ccccc8C(C)C)c(c1c34)c75)C(=O)N(c1c(C(C)C)cccc1C(C)C)C6=O)C(=O)N(c1c(C(C)C)cccc1C(C)C)C2=O. The van der Waals surface area contributed by atoms with Crippen molar-refractivity contribution in [3.05, 3.63) is 224 Å². The van der Waals surface area contributed by atoms with E-state index >= 15 is 19.2 Å². The lowest BCUT2D eigenvalue weighted by Gasteiger charge is -2.35. The number of para-hydroxylation sites is 2. The summed E-state index contributed by atoms with van der Waals surface area (Å²) in [7, 11) is 0. The average Bonchev–Trinajstić information content (AvgIpc) is 0.671. The number of hydrogen-bond acceptors (Lipinski definition) is 8. The Balaban J connectivity index is 1.31. The van der Waals surface area contributed by atoms with Crippen LogP contribution in [0.5, 0.6) is 0 Å². The Morgan fingerprint density at radius 1 is 0.223 bits per heavy atom. The van der Waals surface area contributed by atoms with Gasteiger partial charge in [-0.05, 0) is 140 Å². The molecule has 0 saturated heterocycles. The Labute approximate surface area is 571 Å². The molecule has 2 aliphatic rings. The van der Waals surface area contributed by atoms with Crippen LogP contribution in [0.2, 0.25) is 0 Å². The minimum atomic E-state index is -0.370. The second-order valence-corrected chi connectivity index (χ2v) is 32.3. The molecule has 0 N–H and O–H groups in total. The topological polar surface area (TPSA) is 74.8 Å². The zero-order valence-corrected chi connectivity index (χ0v) is 60.1. The zero-order chi connectivity index (χ0) is 66.6. The molecule has 0 atom stereocenters. The molecule has 6 nitrogen and oxygen atoms in total. The van der Waals surface area contributed by atoms with Gasteiger partial charge < -0.3 is 0 Å². The van der Waals surface area contributed by atoms with Gasteiger partial charge in [0.1, 0.15) is 0 Å². The molecule has 94 heavy (non-hydrogen) atoms. The standard InChI is InChI=1S/C84H82N2O4S4/c1-43(2)51-27-17-21-35-63(51)91-67-39-59-71-60(82(88)85(81(59)87)79-55(47(9)10)31-25-32-56(79)48(11)12)41-69(93-65-37-23-19-29-53(65)45(5)6)75-76-70(94-66-38-24-20-30-54(66)46(7)8)42-62-72-61(83(89)86(84(62)90)80-57(49(13)14)33-26-34-58(80)50(15)16)40-68(74(78(72)76)73(67)77(71)75)92-64-36-22-18-28-52(64)44(3)4/h17-50H,1-16H3. The van der Waals surface area contributed by atoms with Gasteiger partial charge in [0.05, 0.1) is 33.6 Å². The molecule has 11 aromatic rings. The number of nitrogens with zero attached hydrogens (tertiary/aromatic N) is 2. The molecule has 476 valence electrons. The van der Waals surface area contributed by atoms with Crippen LogP contribution < -0.4 is 9.80 Å². The lowest BCUT2D eigenvalue weighted by molar-refractivity contribution is 0.0876. The monoisotopic (exact) mass is 1310 g/mol. The van der Waals surface area contributed by atoms with E-state index < -0.39 is 0 Å². The van der Waals surface area contributed by atoms with Gasteiger partial charge in [0.15, 0.2) is 0 Å². The Hall–Kier alpha value is -7.60. The Morgan fingerprint density at radius 2 is 0.415 bits per heavy atom. The van der Waals surface area contributed by atoms with Gasteiger partial charge in [0.25, 0.3) is 23.6 Å². The second kappa shape index (κ2) is 25.5. The normalized spacial score (nSPS) is 13.7. The first-order chi connectivity index (χ1) is 45.0. The summed E-state index contributed by atoms with van der Waals surface area (Å²) in [6.45, 7) is 34.8. The molecule has 2 heterocycles. The molecule has 10 heteroatoms. The fourth-order valence-electron chi connectivity index (χ4n) is 14.5. The molecule has 0 unspecified atom stereocenters. The van der Waals surface area contributed by atoms with Crippen molar-refractivity contribution in [3.8, 4) is 0 Å². The lowest BCUT2D eigenvalue weighted by Crippen LogP contribution is -2.42. The van der Waals surface area contributed by atoms with Crippen LogP contribution in [0.3, 0.4) is 0 Å². The molecular formula is C84H82N2O4S4. The zero-order valence-electron chi connectivity index (χ0n) is 56.8. The van der Waals surface area contributed by atoms with Crippen LogP contribution in [0.4, 0.5) is 11.4 Å². The van der Waals surface area contributed by atoms with E-state index in [1.54, 1.807) is 47.0 Å². The van der Waals surface area contributed by atoms with Crippen molar-refractivity contribution in [2.75, 3.05) is 9.80 Å². The van der Waals surface area contributed by atoms with Crippen LogP contribution >= 0.6 is 47.0 Å². The Morgan fingerprint density at radius 3 is 0.617 bits per heavy atom. The molecule has 0 aliphatic carbocycles. The van der Waals surface area contributed by atoms with Crippen LogP contribution in [0, 0.1) is 0 Å². The Kier molecular flexibility index (Phi) is 17.7. The van der Waals surface area contributed by atoms with Crippen molar-refractivity contribution in [3.63, 3.8) is 0 Å². The van der Waals surface area contributed by atoms with Gasteiger partial charge in [-0.2, -0.15) is 0 Å². The molecule has 0 radical (unpaired) electrons. The molecule has 4 amide bonds. The molecule has 2 aliphatic heterocycles. The quantitative estimate of drug-likeness (QED) is 0.0478. The molecule has 0 fully saturated rings. The highest BCUT2D eigenvalue weighted by Crippen LogP contribution is 2.59. The van der Waals surface area contributed by atoms with Gasteiger partial charge in [-0.3, -0.25) is 19.2 Å². The number of anilines is 2. The maximum atomic E-state index is 16.7. The van der Waals surface area contributed by atoms with Crippen LogP contribution in [0.15, 0.2) is 197 Å². The third-order valence-electron chi connectivity index (χ3n) is 19.1. The predicted octanol–water partition coefficient (Wildman–Crippen LogP) is 24.9. The molecular weight excluding hydrogens is 1230 g/mol. The first kappa shape index (κ1) is 65.1. The molecule has 13 rings (SSSR count). The van der Waals surface area contributed by atoms with Crippen molar-refractivity contribution >= 4 is 125 Å². The molecule has 0 saturated carbocycles. The van der Waals surface area contributed by atoms with Crippen molar-refractivity contribution in [1.82, 2.24) is 0 Å². The van der Waals surface area contributed by atoms with Crippen LogP contribution in [0.1, 0.15) is 244 Å². The molecule has 0 spiro atoms. The van der Waals surface area contributed by atoms with Gasteiger partial charge in [0, 0.05) is 82.3 Å². The number of benzene rings is 11. The van der Waals surface area contributed by atoms with Gasteiger partial charge in [-0.25, -0.2) is 9.80 Å². The van der Waals surface area contributed by atoms with Crippen molar-refractivity contribution in [2.45, 2.75) is 197 Å². The smallest absolute Gasteiger partial charge is 0.266 e. The summed E-state index contributed by atoms with van der Waals surface area (Å²) in [6.07, 6.45) is 0.